The minimum Gasteiger partial charge on any atom is -0.381 e. The molecule has 21 heavy (non-hydrogen) atoms. The molecule has 0 radical (unpaired) electrons. The van der Waals surface area contributed by atoms with Gasteiger partial charge in [-0.05, 0) is 36.0 Å². The number of rotatable bonds is 5. The lowest BCUT2D eigenvalue weighted by Crippen LogP contribution is -2.39. The molecule has 1 aromatic carbocycles. The van der Waals surface area contributed by atoms with E-state index in [0.29, 0.717) is 18.8 Å². The molecule has 7 heteroatoms. The zero-order valence-corrected chi connectivity index (χ0v) is 12.9. The number of halogens is 1. The second-order valence-corrected chi connectivity index (χ2v) is 7.45. The van der Waals surface area contributed by atoms with E-state index in [1.807, 2.05) is 6.92 Å². The maximum atomic E-state index is 13.8. The van der Waals surface area contributed by atoms with Crippen LogP contribution in [0, 0.1) is 11.2 Å². The molecule has 0 atom stereocenters. The van der Waals surface area contributed by atoms with Crippen LogP contribution in [0.3, 0.4) is 0 Å². The molecule has 118 valence electrons. The summed E-state index contributed by atoms with van der Waals surface area (Å²) >= 11 is 0. The summed E-state index contributed by atoms with van der Waals surface area (Å²) in [6.45, 7) is 3.68. The molecule has 0 spiro atoms. The van der Waals surface area contributed by atoms with E-state index in [9.17, 15) is 12.8 Å². The van der Waals surface area contributed by atoms with E-state index in [2.05, 4.69) is 4.72 Å². The van der Waals surface area contributed by atoms with Gasteiger partial charge in [0.25, 0.3) is 0 Å². The Bertz CT molecular complexity index is 598. The summed E-state index contributed by atoms with van der Waals surface area (Å²) in [5, 5.41) is 0. The Balaban J connectivity index is 2.15. The van der Waals surface area contributed by atoms with Crippen LogP contribution in [0.5, 0.6) is 0 Å². The molecular weight excluding hydrogens is 295 g/mol. The van der Waals surface area contributed by atoms with Crippen molar-refractivity contribution < 1.29 is 17.5 Å². The molecule has 0 aliphatic carbocycles. The Morgan fingerprint density at radius 1 is 1.38 bits per heavy atom. The first-order valence-electron chi connectivity index (χ1n) is 6.92. The maximum Gasteiger partial charge on any atom is 0.243 e. The first-order chi connectivity index (χ1) is 9.86. The van der Waals surface area contributed by atoms with Crippen LogP contribution in [-0.4, -0.2) is 28.2 Å². The average Bonchev–Trinajstić information content (AvgIpc) is 2.47. The van der Waals surface area contributed by atoms with Gasteiger partial charge in [-0.1, -0.05) is 13.0 Å². The summed E-state index contributed by atoms with van der Waals surface area (Å²) in [6.07, 6.45) is 1.56. The van der Waals surface area contributed by atoms with Crippen molar-refractivity contribution >= 4 is 10.0 Å². The summed E-state index contributed by atoms with van der Waals surface area (Å²) in [5.41, 5.74) is 5.89. The molecule has 1 aromatic rings. The predicted octanol–water partition coefficient (Wildman–Crippen LogP) is 1.38. The van der Waals surface area contributed by atoms with Crippen LogP contribution in [0.25, 0.3) is 0 Å². The van der Waals surface area contributed by atoms with Crippen LogP contribution in [0.15, 0.2) is 23.1 Å². The van der Waals surface area contributed by atoms with E-state index in [-0.39, 0.29) is 23.4 Å². The van der Waals surface area contributed by atoms with Gasteiger partial charge in [0.05, 0.1) is 0 Å². The summed E-state index contributed by atoms with van der Waals surface area (Å²) in [6, 6.07) is 3.89. The predicted molar refractivity (Wildman–Crippen MR) is 77.6 cm³/mol. The van der Waals surface area contributed by atoms with Crippen molar-refractivity contribution in [1.82, 2.24) is 4.72 Å². The van der Waals surface area contributed by atoms with Gasteiger partial charge in [0.1, 0.15) is 10.7 Å². The smallest absolute Gasteiger partial charge is 0.243 e. The number of sulfonamides is 1. The maximum absolute atomic E-state index is 13.8. The molecule has 2 rings (SSSR count). The number of hydrogen-bond donors (Lipinski definition) is 2. The van der Waals surface area contributed by atoms with Crippen molar-refractivity contribution in [2.75, 3.05) is 19.8 Å². The second kappa shape index (κ2) is 6.39. The molecule has 0 amide bonds. The third-order valence-electron chi connectivity index (χ3n) is 3.91. The minimum atomic E-state index is -3.88. The van der Waals surface area contributed by atoms with Crippen LogP contribution in [0.2, 0.25) is 0 Å². The monoisotopic (exact) mass is 316 g/mol. The van der Waals surface area contributed by atoms with E-state index >= 15 is 0 Å². The van der Waals surface area contributed by atoms with Gasteiger partial charge in [-0.15, -0.1) is 0 Å². The third-order valence-corrected chi connectivity index (χ3v) is 5.33. The average molecular weight is 316 g/mol. The van der Waals surface area contributed by atoms with Gasteiger partial charge in [-0.3, -0.25) is 0 Å². The Morgan fingerprint density at radius 3 is 2.67 bits per heavy atom. The topological polar surface area (TPSA) is 81.4 Å². The molecule has 0 unspecified atom stereocenters. The summed E-state index contributed by atoms with van der Waals surface area (Å²) < 4.78 is 46.1. The third kappa shape index (κ3) is 4.00. The van der Waals surface area contributed by atoms with Crippen LogP contribution < -0.4 is 10.5 Å². The zero-order valence-electron chi connectivity index (χ0n) is 12.1. The fourth-order valence-corrected chi connectivity index (χ4v) is 3.59. The van der Waals surface area contributed by atoms with Crippen molar-refractivity contribution in [2.45, 2.75) is 31.2 Å². The SMILES string of the molecule is CC1(CNS(=O)(=O)c2cc(CN)ccc2F)CCOCC1. The van der Waals surface area contributed by atoms with E-state index in [1.54, 1.807) is 0 Å². The molecule has 0 bridgehead atoms. The lowest BCUT2D eigenvalue weighted by molar-refractivity contribution is 0.0264. The molecule has 3 N–H and O–H groups in total. The Kier molecular flexibility index (Phi) is 4.98. The molecule has 0 saturated carbocycles. The van der Waals surface area contributed by atoms with E-state index in [0.717, 1.165) is 18.9 Å². The lowest BCUT2D eigenvalue weighted by Gasteiger charge is -2.33. The fraction of sp³-hybridized carbons (Fsp3) is 0.571. The number of hydrogen-bond acceptors (Lipinski definition) is 4. The highest BCUT2D eigenvalue weighted by atomic mass is 32.2. The van der Waals surface area contributed by atoms with Crippen molar-refractivity contribution in [3.05, 3.63) is 29.6 Å². The molecule has 1 aliphatic heterocycles. The largest absolute Gasteiger partial charge is 0.381 e. The van der Waals surface area contributed by atoms with E-state index in [4.69, 9.17) is 10.5 Å². The van der Waals surface area contributed by atoms with E-state index in [1.165, 1.54) is 12.1 Å². The highest BCUT2D eigenvalue weighted by molar-refractivity contribution is 7.89. The van der Waals surface area contributed by atoms with Gasteiger partial charge in [0.15, 0.2) is 0 Å². The number of ether oxygens (including phenoxy) is 1. The van der Waals surface area contributed by atoms with Gasteiger partial charge < -0.3 is 10.5 Å². The number of benzene rings is 1. The van der Waals surface area contributed by atoms with Gasteiger partial charge in [-0.2, -0.15) is 0 Å². The standard InChI is InChI=1S/C14H21FN2O3S/c1-14(4-6-20-7-5-14)10-17-21(18,19)13-8-11(9-16)2-3-12(13)15/h2-3,8,17H,4-7,9-10,16H2,1H3. The molecule has 1 heterocycles. The zero-order chi connectivity index (χ0) is 15.5. The van der Waals surface area contributed by atoms with Crippen LogP contribution >= 0.6 is 0 Å². The number of nitrogens with two attached hydrogens (primary N) is 1. The Hall–Kier alpha value is -1.02. The highest BCUT2D eigenvalue weighted by Gasteiger charge is 2.30. The normalized spacial score (nSPS) is 18.6. The molecule has 1 saturated heterocycles. The van der Waals surface area contributed by atoms with Crippen molar-refractivity contribution in [3.8, 4) is 0 Å². The molecule has 0 aromatic heterocycles. The van der Waals surface area contributed by atoms with Gasteiger partial charge in [0, 0.05) is 26.3 Å². The van der Waals surface area contributed by atoms with Gasteiger partial charge in [-0.25, -0.2) is 17.5 Å². The fourth-order valence-electron chi connectivity index (χ4n) is 2.27. The molecule has 1 fully saturated rings. The Labute approximate surface area is 124 Å². The molecule has 5 nitrogen and oxygen atoms in total. The second-order valence-electron chi connectivity index (χ2n) is 5.72. The highest BCUT2D eigenvalue weighted by Crippen LogP contribution is 2.29. The van der Waals surface area contributed by atoms with Crippen molar-refractivity contribution in [1.29, 1.82) is 0 Å². The van der Waals surface area contributed by atoms with Gasteiger partial charge >= 0.3 is 0 Å². The quantitative estimate of drug-likeness (QED) is 0.860. The summed E-state index contributed by atoms with van der Waals surface area (Å²) in [5.74, 6) is -0.767. The lowest BCUT2D eigenvalue weighted by atomic mass is 9.83. The van der Waals surface area contributed by atoms with Crippen LogP contribution in [-0.2, 0) is 21.3 Å². The van der Waals surface area contributed by atoms with Crippen LogP contribution in [0.4, 0.5) is 4.39 Å². The van der Waals surface area contributed by atoms with Crippen LogP contribution in [0.1, 0.15) is 25.3 Å². The minimum absolute atomic E-state index is 0.159. The summed E-state index contributed by atoms with van der Waals surface area (Å²) in [4.78, 5) is -0.346. The van der Waals surface area contributed by atoms with Crippen molar-refractivity contribution in [3.63, 3.8) is 0 Å². The molecule has 1 aliphatic rings. The summed E-state index contributed by atoms with van der Waals surface area (Å²) in [7, 11) is -3.88. The first-order valence-corrected chi connectivity index (χ1v) is 8.41. The van der Waals surface area contributed by atoms with Gasteiger partial charge in [0.2, 0.25) is 10.0 Å². The molecular formula is C14H21FN2O3S. The first kappa shape index (κ1) is 16.4. The number of nitrogens with one attached hydrogen (secondary N) is 1. The Morgan fingerprint density at radius 2 is 2.05 bits per heavy atom. The van der Waals surface area contributed by atoms with Crippen molar-refractivity contribution in [2.24, 2.45) is 11.1 Å². The van der Waals surface area contributed by atoms with E-state index < -0.39 is 15.8 Å².